The van der Waals surface area contributed by atoms with Crippen molar-refractivity contribution in [3.63, 3.8) is 0 Å². The average molecular weight is 297 g/mol. The second-order valence-corrected chi connectivity index (χ2v) is 6.48. The molecule has 0 bridgehead atoms. The minimum absolute atomic E-state index is 0.0684. The van der Waals surface area contributed by atoms with Crippen LogP contribution in [0.4, 0.5) is 5.69 Å². The highest BCUT2D eigenvalue weighted by Crippen LogP contribution is 2.38. The topological polar surface area (TPSA) is 29.3 Å². The third-order valence-electron chi connectivity index (χ3n) is 3.67. The van der Waals surface area contributed by atoms with Crippen LogP contribution in [0.15, 0.2) is 22.7 Å². The minimum Gasteiger partial charge on any atom is -0.366 e. The quantitative estimate of drug-likeness (QED) is 0.898. The van der Waals surface area contributed by atoms with Gasteiger partial charge in [-0.15, -0.1) is 0 Å². The SMILES string of the molecule is CC(N)c1cc(Br)ccc1N1CCCC1(C)C. The summed E-state index contributed by atoms with van der Waals surface area (Å²) in [5.74, 6) is 0. The van der Waals surface area contributed by atoms with Gasteiger partial charge in [-0.1, -0.05) is 15.9 Å². The molecule has 2 rings (SSSR count). The third-order valence-corrected chi connectivity index (χ3v) is 4.17. The predicted molar refractivity (Wildman–Crippen MR) is 77.4 cm³/mol. The molecule has 1 aromatic rings. The highest BCUT2D eigenvalue weighted by molar-refractivity contribution is 9.10. The van der Waals surface area contributed by atoms with E-state index in [4.69, 9.17) is 5.73 Å². The zero-order chi connectivity index (χ0) is 12.6. The number of benzene rings is 1. The van der Waals surface area contributed by atoms with Crippen molar-refractivity contribution in [2.75, 3.05) is 11.4 Å². The molecule has 3 heteroatoms. The molecule has 17 heavy (non-hydrogen) atoms. The van der Waals surface area contributed by atoms with Gasteiger partial charge in [0.2, 0.25) is 0 Å². The Bertz CT molecular complexity index is 413. The molecule has 1 unspecified atom stereocenters. The molecule has 0 aromatic heterocycles. The number of hydrogen-bond donors (Lipinski definition) is 1. The lowest BCUT2D eigenvalue weighted by atomic mass is 9.99. The molecular formula is C14H21BrN2. The molecule has 1 saturated heterocycles. The first-order chi connectivity index (χ1) is 7.92. The summed E-state index contributed by atoms with van der Waals surface area (Å²) in [6, 6.07) is 6.51. The molecule has 0 saturated carbocycles. The molecule has 0 amide bonds. The summed E-state index contributed by atoms with van der Waals surface area (Å²) in [5.41, 5.74) is 8.87. The monoisotopic (exact) mass is 296 g/mol. The summed E-state index contributed by atoms with van der Waals surface area (Å²) in [4.78, 5) is 2.50. The summed E-state index contributed by atoms with van der Waals surface area (Å²) in [6.45, 7) is 7.81. The number of halogens is 1. The summed E-state index contributed by atoms with van der Waals surface area (Å²) in [7, 11) is 0. The lowest BCUT2D eigenvalue weighted by molar-refractivity contribution is 0.516. The molecule has 1 fully saturated rings. The zero-order valence-corrected chi connectivity index (χ0v) is 12.4. The van der Waals surface area contributed by atoms with Crippen LogP contribution in [-0.2, 0) is 0 Å². The fraction of sp³-hybridized carbons (Fsp3) is 0.571. The number of hydrogen-bond acceptors (Lipinski definition) is 2. The fourth-order valence-electron chi connectivity index (χ4n) is 2.69. The first-order valence-electron chi connectivity index (χ1n) is 6.24. The number of rotatable bonds is 2. The van der Waals surface area contributed by atoms with E-state index < -0.39 is 0 Å². The van der Waals surface area contributed by atoms with Crippen LogP contribution in [0.2, 0.25) is 0 Å². The van der Waals surface area contributed by atoms with Crippen molar-refractivity contribution in [3.05, 3.63) is 28.2 Å². The lowest BCUT2D eigenvalue weighted by Crippen LogP contribution is -2.39. The van der Waals surface area contributed by atoms with Gasteiger partial charge in [0.15, 0.2) is 0 Å². The molecular weight excluding hydrogens is 276 g/mol. The zero-order valence-electron chi connectivity index (χ0n) is 10.8. The highest BCUT2D eigenvalue weighted by Gasteiger charge is 2.33. The molecule has 1 heterocycles. The first kappa shape index (κ1) is 12.9. The van der Waals surface area contributed by atoms with Crippen molar-refractivity contribution in [3.8, 4) is 0 Å². The van der Waals surface area contributed by atoms with Crippen LogP contribution < -0.4 is 10.6 Å². The average Bonchev–Trinajstić information content (AvgIpc) is 2.58. The first-order valence-corrected chi connectivity index (χ1v) is 7.04. The van der Waals surface area contributed by atoms with E-state index in [1.807, 2.05) is 6.92 Å². The summed E-state index contributed by atoms with van der Waals surface area (Å²) in [5, 5.41) is 0. The van der Waals surface area contributed by atoms with Gasteiger partial charge in [0.05, 0.1) is 0 Å². The van der Waals surface area contributed by atoms with Gasteiger partial charge in [0.25, 0.3) is 0 Å². The molecule has 0 radical (unpaired) electrons. The standard InChI is InChI=1S/C14H21BrN2/c1-10(16)12-9-11(15)5-6-13(12)17-8-4-7-14(17,2)3/h5-6,9-10H,4,7-8,16H2,1-3H3. The van der Waals surface area contributed by atoms with E-state index in [2.05, 4.69) is 52.9 Å². The normalized spacial score (nSPS) is 20.6. The maximum Gasteiger partial charge on any atom is 0.0419 e. The maximum absolute atomic E-state index is 6.09. The Morgan fingerprint density at radius 2 is 2.12 bits per heavy atom. The van der Waals surface area contributed by atoms with Crippen molar-refractivity contribution in [2.24, 2.45) is 5.73 Å². The van der Waals surface area contributed by atoms with Crippen molar-refractivity contribution in [1.29, 1.82) is 0 Å². The van der Waals surface area contributed by atoms with Crippen molar-refractivity contribution in [1.82, 2.24) is 0 Å². The van der Waals surface area contributed by atoms with Crippen LogP contribution in [0.25, 0.3) is 0 Å². The van der Waals surface area contributed by atoms with Crippen LogP contribution >= 0.6 is 15.9 Å². The summed E-state index contributed by atoms with van der Waals surface area (Å²) < 4.78 is 1.10. The van der Waals surface area contributed by atoms with Gasteiger partial charge in [0.1, 0.15) is 0 Å². The Labute approximate surface area is 112 Å². The van der Waals surface area contributed by atoms with Crippen LogP contribution in [0.1, 0.15) is 45.2 Å². The minimum atomic E-state index is 0.0684. The fourth-order valence-corrected chi connectivity index (χ4v) is 3.07. The third kappa shape index (κ3) is 2.50. The molecule has 1 aromatic carbocycles. The Hall–Kier alpha value is -0.540. The van der Waals surface area contributed by atoms with Gasteiger partial charge in [-0.2, -0.15) is 0 Å². The van der Waals surface area contributed by atoms with Gasteiger partial charge in [-0.3, -0.25) is 0 Å². The molecule has 1 aliphatic rings. The molecule has 94 valence electrons. The Morgan fingerprint density at radius 3 is 2.65 bits per heavy atom. The number of anilines is 1. The number of nitrogens with two attached hydrogens (primary N) is 1. The van der Waals surface area contributed by atoms with E-state index in [0.717, 1.165) is 11.0 Å². The van der Waals surface area contributed by atoms with Crippen LogP contribution in [0.3, 0.4) is 0 Å². The van der Waals surface area contributed by atoms with Crippen molar-refractivity contribution < 1.29 is 0 Å². The van der Waals surface area contributed by atoms with E-state index in [1.54, 1.807) is 0 Å². The summed E-state index contributed by atoms with van der Waals surface area (Å²) in [6.07, 6.45) is 2.52. The second-order valence-electron chi connectivity index (χ2n) is 5.56. The van der Waals surface area contributed by atoms with Gasteiger partial charge >= 0.3 is 0 Å². The second kappa shape index (κ2) is 4.62. The van der Waals surface area contributed by atoms with E-state index in [-0.39, 0.29) is 11.6 Å². The number of nitrogens with zero attached hydrogens (tertiary/aromatic N) is 1. The molecule has 2 nitrogen and oxygen atoms in total. The molecule has 2 N–H and O–H groups in total. The largest absolute Gasteiger partial charge is 0.366 e. The maximum atomic E-state index is 6.09. The van der Waals surface area contributed by atoms with E-state index >= 15 is 0 Å². The van der Waals surface area contributed by atoms with Gasteiger partial charge in [0, 0.05) is 28.3 Å². The van der Waals surface area contributed by atoms with Crippen LogP contribution in [0.5, 0.6) is 0 Å². The highest BCUT2D eigenvalue weighted by atomic mass is 79.9. The van der Waals surface area contributed by atoms with E-state index in [9.17, 15) is 0 Å². The lowest BCUT2D eigenvalue weighted by Gasteiger charge is -2.36. The van der Waals surface area contributed by atoms with E-state index in [1.165, 1.54) is 24.1 Å². The molecule has 1 aliphatic heterocycles. The predicted octanol–water partition coefficient (Wildman–Crippen LogP) is 3.85. The van der Waals surface area contributed by atoms with Crippen LogP contribution in [-0.4, -0.2) is 12.1 Å². The van der Waals surface area contributed by atoms with E-state index in [0.29, 0.717) is 0 Å². The molecule has 0 spiro atoms. The summed E-state index contributed by atoms with van der Waals surface area (Å²) >= 11 is 3.53. The van der Waals surface area contributed by atoms with Gasteiger partial charge < -0.3 is 10.6 Å². The Morgan fingerprint density at radius 1 is 1.41 bits per heavy atom. The Kier molecular flexibility index (Phi) is 3.50. The van der Waals surface area contributed by atoms with Crippen LogP contribution in [0, 0.1) is 0 Å². The Balaban J connectivity index is 2.44. The van der Waals surface area contributed by atoms with Gasteiger partial charge in [-0.25, -0.2) is 0 Å². The van der Waals surface area contributed by atoms with Crippen molar-refractivity contribution in [2.45, 2.75) is 45.2 Å². The smallest absolute Gasteiger partial charge is 0.0419 e. The molecule has 1 atom stereocenters. The molecule has 0 aliphatic carbocycles. The van der Waals surface area contributed by atoms with Gasteiger partial charge in [-0.05, 0) is 57.4 Å². The van der Waals surface area contributed by atoms with Crippen molar-refractivity contribution >= 4 is 21.6 Å².